The quantitative estimate of drug-likeness (QED) is 0.672. The fourth-order valence-electron chi connectivity index (χ4n) is 1.70. The van der Waals surface area contributed by atoms with Crippen LogP contribution < -0.4 is 10.5 Å². The van der Waals surface area contributed by atoms with E-state index in [9.17, 15) is 17.7 Å². The van der Waals surface area contributed by atoms with Crippen molar-refractivity contribution in [2.24, 2.45) is 5.73 Å². The van der Waals surface area contributed by atoms with Crippen LogP contribution in [0.15, 0.2) is 22.7 Å². The predicted octanol–water partition coefficient (Wildman–Crippen LogP) is 4.57. The van der Waals surface area contributed by atoms with Gasteiger partial charge >= 0.3 is 14.0 Å². The molecule has 1 aromatic rings. The number of hydrogen-bond donors (Lipinski definition) is 1. The van der Waals surface area contributed by atoms with E-state index in [4.69, 9.17) is 14.8 Å². The van der Waals surface area contributed by atoms with Gasteiger partial charge in [0.2, 0.25) is 0 Å². The molecule has 126 valence electrons. The SMILES string of the molecule is CCOP(=O)(OCC)[C@@H](N)c1cc(Br)ccc1OC(F)(F)F. The standard InChI is InChI=1S/C12H16BrF3NO4P/c1-3-19-22(18,20-4-2)11(17)9-7-8(13)5-6-10(9)21-12(14,15)16/h5-7,11H,3-4,17H2,1-2H3/t11-/m1/s1. The van der Waals surface area contributed by atoms with Gasteiger partial charge in [-0.15, -0.1) is 13.2 Å². The molecule has 0 amide bonds. The second-order valence-corrected chi connectivity index (χ2v) is 7.12. The lowest BCUT2D eigenvalue weighted by Gasteiger charge is -2.25. The number of halogens is 4. The molecule has 0 fully saturated rings. The Balaban J connectivity index is 3.27. The molecule has 1 atom stereocenters. The molecule has 0 radical (unpaired) electrons. The molecule has 1 aromatic carbocycles. The van der Waals surface area contributed by atoms with E-state index < -0.39 is 25.5 Å². The van der Waals surface area contributed by atoms with E-state index in [1.165, 1.54) is 12.1 Å². The van der Waals surface area contributed by atoms with Crippen molar-refractivity contribution < 1.29 is 31.5 Å². The average molecular weight is 406 g/mol. The molecule has 0 spiro atoms. The third-order valence-electron chi connectivity index (χ3n) is 2.47. The first-order valence-electron chi connectivity index (χ1n) is 6.32. The summed E-state index contributed by atoms with van der Waals surface area (Å²) in [5.41, 5.74) is 5.73. The van der Waals surface area contributed by atoms with Crippen LogP contribution in [0.5, 0.6) is 5.75 Å². The molecule has 0 aliphatic heterocycles. The highest BCUT2D eigenvalue weighted by molar-refractivity contribution is 9.10. The van der Waals surface area contributed by atoms with Crippen molar-refractivity contribution in [3.05, 3.63) is 28.2 Å². The zero-order valence-corrected chi connectivity index (χ0v) is 14.4. The van der Waals surface area contributed by atoms with Crippen molar-refractivity contribution in [2.75, 3.05) is 13.2 Å². The highest BCUT2D eigenvalue weighted by atomic mass is 79.9. The van der Waals surface area contributed by atoms with Gasteiger partial charge in [0.1, 0.15) is 11.5 Å². The van der Waals surface area contributed by atoms with Gasteiger partial charge in [-0.05, 0) is 32.0 Å². The molecule has 0 aliphatic carbocycles. The van der Waals surface area contributed by atoms with Gasteiger partial charge in [0, 0.05) is 10.0 Å². The summed E-state index contributed by atoms with van der Waals surface area (Å²) >= 11 is 3.13. The van der Waals surface area contributed by atoms with Gasteiger partial charge in [-0.1, -0.05) is 15.9 Å². The molecular formula is C12H16BrF3NO4P. The number of benzene rings is 1. The Morgan fingerprint density at radius 1 is 1.27 bits per heavy atom. The van der Waals surface area contributed by atoms with E-state index in [-0.39, 0.29) is 18.8 Å². The average Bonchev–Trinajstić information content (AvgIpc) is 2.39. The van der Waals surface area contributed by atoms with Gasteiger partial charge in [0.05, 0.1) is 13.2 Å². The molecule has 0 bridgehead atoms. The van der Waals surface area contributed by atoms with Crippen molar-refractivity contribution in [3.8, 4) is 5.75 Å². The summed E-state index contributed by atoms with van der Waals surface area (Å²) in [7, 11) is -3.83. The van der Waals surface area contributed by atoms with Crippen LogP contribution in [0.25, 0.3) is 0 Å². The normalized spacial score (nSPS) is 14.0. The van der Waals surface area contributed by atoms with Gasteiger partial charge in [-0.3, -0.25) is 4.57 Å². The number of rotatable bonds is 7. The molecule has 0 aliphatic rings. The maximum atomic E-state index is 12.6. The summed E-state index contributed by atoms with van der Waals surface area (Å²) in [5.74, 6) is -1.97. The fourth-order valence-corrected chi connectivity index (χ4v) is 3.73. The van der Waals surface area contributed by atoms with Gasteiger partial charge in [-0.2, -0.15) is 0 Å². The van der Waals surface area contributed by atoms with Crippen molar-refractivity contribution in [3.63, 3.8) is 0 Å². The Hall–Kier alpha value is -0.600. The summed E-state index contributed by atoms with van der Waals surface area (Å²) < 4.78 is 64.5. The zero-order valence-electron chi connectivity index (χ0n) is 11.9. The van der Waals surface area contributed by atoms with Crippen molar-refractivity contribution in [2.45, 2.75) is 26.0 Å². The lowest BCUT2D eigenvalue weighted by Crippen LogP contribution is -2.21. The van der Waals surface area contributed by atoms with Crippen LogP contribution in [0.3, 0.4) is 0 Å². The number of nitrogens with two attached hydrogens (primary N) is 1. The van der Waals surface area contributed by atoms with Crippen LogP contribution in [0.1, 0.15) is 25.2 Å². The van der Waals surface area contributed by atoms with Crippen molar-refractivity contribution in [1.82, 2.24) is 0 Å². The van der Waals surface area contributed by atoms with Crippen molar-refractivity contribution in [1.29, 1.82) is 0 Å². The zero-order chi connectivity index (χ0) is 17.0. The second kappa shape index (κ2) is 7.79. The molecule has 1 rings (SSSR count). The van der Waals surface area contributed by atoms with Gasteiger partial charge in [-0.25, -0.2) is 0 Å². The predicted molar refractivity (Wildman–Crippen MR) is 78.6 cm³/mol. The van der Waals surface area contributed by atoms with E-state index in [0.29, 0.717) is 4.47 Å². The number of ether oxygens (including phenoxy) is 1. The summed E-state index contributed by atoms with van der Waals surface area (Å²) in [6.45, 7) is 3.22. The van der Waals surface area contributed by atoms with Crippen molar-refractivity contribution >= 4 is 23.5 Å². The Morgan fingerprint density at radius 3 is 2.27 bits per heavy atom. The molecule has 10 heteroatoms. The van der Waals surface area contributed by atoms with Gasteiger partial charge in [0.25, 0.3) is 0 Å². The summed E-state index contributed by atoms with van der Waals surface area (Å²) in [4.78, 5) is 0. The lowest BCUT2D eigenvalue weighted by atomic mass is 10.2. The number of hydrogen-bond acceptors (Lipinski definition) is 5. The first-order valence-corrected chi connectivity index (χ1v) is 8.73. The first-order chi connectivity index (χ1) is 10.1. The molecule has 0 saturated heterocycles. The molecule has 0 saturated carbocycles. The molecule has 0 heterocycles. The second-order valence-electron chi connectivity index (χ2n) is 4.05. The Bertz CT molecular complexity index is 546. The first kappa shape index (κ1) is 19.4. The summed E-state index contributed by atoms with van der Waals surface area (Å²) in [5, 5.41) is 0. The third-order valence-corrected chi connectivity index (χ3v) is 5.16. The minimum Gasteiger partial charge on any atom is -0.405 e. The maximum absolute atomic E-state index is 12.6. The van der Waals surface area contributed by atoms with Gasteiger partial charge < -0.3 is 19.5 Å². The molecule has 0 unspecified atom stereocenters. The Kier molecular flexibility index (Phi) is 6.88. The molecule has 0 aromatic heterocycles. The highest BCUT2D eigenvalue weighted by Crippen LogP contribution is 2.59. The van der Waals surface area contributed by atoms with E-state index in [1.807, 2.05) is 0 Å². The topological polar surface area (TPSA) is 70.8 Å². The number of alkyl halides is 3. The Morgan fingerprint density at radius 2 is 1.82 bits per heavy atom. The Labute approximate surface area is 134 Å². The van der Waals surface area contributed by atoms with E-state index in [0.717, 1.165) is 6.07 Å². The largest absolute Gasteiger partial charge is 0.573 e. The van der Waals surface area contributed by atoms with Crippen LogP contribution >= 0.6 is 23.5 Å². The fraction of sp³-hybridized carbons (Fsp3) is 0.500. The van der Waals surface area contributed by atoms with Crippen LogP contribution in [0.2, 0.25) is 0 Å². The molecule has 5 nitrogen and oxygen atoms in total. The smallest absolute Gasteiger partial charge is 0.405 e. The molecule has 22 heavy (non-hydrogen) atoms. The van der Waals surface area contributed by atoms with Crippen LogP contribution in [0.4, 0.5) is 13.2 Å². The van der Waals surface area contributed by atoms with Gasteiger partial charge in [0.15, 0.2) is 0 Å². The van der Waals surface area contributed by atoms with E-state index in [1.54, 1.807) is 13.8 Å². The maximum Gasteiger partial charge on any atom is 0.573 e. The lowest BCUT2D eigenvalue weighted by molar-refractivity contribution is -0.274. The van der Waals surface area contributed by atoms with E-state index >= 15 is 0 Å². The summed E-state index contributed by atoms with van der Waals surface area (Å²) in [6, 6.07) is 3.72. The highest BCUT2D eigenvalue weighted by Gasteiger charge is 2.38. The minimum atomic E-state index is -4.90. The van der Waals surface area contributed by atoms with Crippen LogP contribution in [-0.4, -0.2) is 19.6 Å². The van der Waals surface area contributed by atoms with Crippen LogP contribution in [0, 0.1) is 0 Å². The monoisotopic (exact) mass is 405 g/mol. The third kappa shape index (κ3) is 5.24. The molecule has 2 N–H and O–H groups in total. The van der Waals surface area contributed by atoms with Crippen LogP contribution in [-0.2, 0) is 13.6 Å². The molecular weight excluding hydrogens is 390 g/mol. The minimum absolute atomic E-state index is 0.0362. The summed E-state index contributed by atoms with van der Waals surface area (Å²) in [6.07, 6.45) is -4.90. The van der Waals surface area contributed by atoms with E-state index in [2.05, 4.69) is 20.7 Å².